The van der Waals surface area contributed by atoms with Crippen LogP contribution in [0.25, 0.3) is 0 Å². The minimum absolute atomic E-state index is 0.107. The van der Waals surface area contributed by atoms with Crippen LogP contribution >= 0.6 is 11.3 Å². The number of hydrogen-bond donors (Lipinski definition) is 2. The Bertz CT molecular complexity index is 1080. The summed E-state index contributed by atoms with van der Waals surface area (Å²) in [5.74, 6) is -0.203. The third-order valence-corrected chi connectivity index (χ3v) is 5.78. The number of hydrogen-bond acceptors (Lipinski definition) is 8. The Kier molecular flexibility index (Phi) is 5.90. The van der Waals surface area contributed by atoms with Crippen molar-refractivity contribution in [2.24, 2.45) is 0 Å². The Morgan fingerprint density at radius 1 is 1.29 bits per heavy atom. The van der Waals surface area contributed by atoms with Crippen LogP contribution in [0.5, 0.6) is 11.8 Å². The molecule has 4 rings (SSSR count). The number of aromatic nitrogens is 3. The second-order valence-electron chi connectivity index (χ2n) is 7.11. The van der Waals surface area contributed by atoms with E-state index in [4.69, 9.17) is 9.84 Å². The van der Waals surface area contributed by atoms with Crippen LogP contribution in [0.4, 0.5) is 10.2 Å². The van der Waals surface area contributed by atoms with Crippen molar-refractivity contribution < 1.29 is 24.1 Å². The van der Waals surface area contributed by atoms with E-state index in [2.05, 4.69) is 9.97 Å². The first-order chi connectivity index (χ1) is 14.9. The number of amides is 1. The predicted molar refractivity (Wildman–Crippen MR) is 112 cm³/mol. The lowest BCUT2D eigenvalue weighted by Gasteiger charge is -2.38. The molecule has 0 bridgehead atoms. The van der Waals surface area contributed by atoms with Gasteiger partial charge in [-0.05, 0) is 37.6 Å². The Morgan fingerprint density at radius 2 is 2.03 bits per heavy atom. The second kappa shape index (κ2) is 8.61. The largest absolute Gasteiger partial charge is 0.425 e. The molecule has 164 valence electrons. The summed E-state index contributed by atoms with van der Waals surface area (Å²) in [7, 11) is 1.62. The van der Waals surface area contributed by atoms with Gasteiger partial charge in [-0.3, -0.25) is 14.3 Å². The van der Waals surface area contributed by atoms with Crippen LogP contribution < -0.4 is 9.64 Å². The molecular formula is C20H22FN5O4S. The van der Waals surface area contributed by atoms with E-state index in [0.717, 1.165) is 9.88 Å². The third-order valence-electron chi connectivity index (χ3n) is 4.88. The summed E-state index contributed by atoms with van der Waals surface area (Å²) in [6.07, 6.45) is 0.843. The summed E-state index contributed by atoms with van der Waals surface area (Å²) >= 11 is 1.49. The number of fused-ring (bicyclic) bond motifs is 1. The van der Waals surface area contributed by atoms with E-state index in [0.29, 0.717) is 12.2 Å². The van der Waals surface area contributed by atoms with Crippen molar-refractivity contribution in [2.75, 3.05) is 25.1 Å². The second-order valence-corrected chi connectivity index (χ2v) is 8.43. The number of halogens is 1. The number of aryl methyl sites for hydroxylation is 1. The first-order valence-electron chi connectivity index (χ1n) is 9.67. The van der Waals surface area contributed by atoms with Gasteiger partial charge in [-0.1, -0.05) is 0 Å². The van der Waals surface area contributed by atoms with Gasteiger partial charge in [0.25, 0.3) is 5.91 Å². The van der Waals surface area contributed by atoms with Crippen molar-refractivity contribution in [3.05, 3.63) is 51.9 Å². The topological polar surface area (TPSA) is 104 Å². The van der Waals surface area contributed by atoms with Gasteiger partial charge in [-0.15, -0.1) is 11.3 Å². The van der Waals surface area contributed by atoms with Crippen molar-refractivity contribution in [2.45, 2.75) is 26.2 Å². The molecule has 0 spiro atoms. The average molecular weight is 447 g/mol. The van der Waals surface area contributed by atoms with E-state index < -0.39 is 18.1 Å². The summed E-state index contributed by atoms with van der Waals surface area (Å²) < 4.78 is 20.8. The fourth-order valence-electron chi connectivity index (χ4n) is 3.34. The number of aliphatic hydroxyl groups is 2. The van der Waals surface area contributed by atoms with E-state index in [1.54, 1.807) is 17.8 Å². The maximum absolute atomic E-state index is 13.3. The van der Waals surface area contributed by atoms with Crippen LogP contribution in [0.2, 0.25) is 0 Å². The molecule has 3 heterocycles. The molecule has 1 atom stereocenters. The number of anilines is 1. The van der Waals surface area contributed by atoms with Crippen molar-refractivity contribution in [1.82, 2.24) is 19.4 Å². The van der Waals surface area contributed by atoms with Crippen molar-refractivity contribution in [1.29, 1.82) is 0 Å². The molecule has 3 aromatic rings. The molecule has 31 heavy (non-hydrogen) atoms. The Hall–Kier alpha value is -3.02. The standard InChI is InChI=1S/C20H22FN5O4S/c1-12-10-22-15(31-12)11-26-16-17(23-19(26)30-14-6-4-13(21)5-7-14)24(2)20(29)25(18(16)28)8-3-9-27/h4-7,10,20,27,29H,3,8-9,11H2,1-2H3. The van der Waals surface area contributed by atoms with E-state index in [-0.39, 0.29) is 37.2 Å². The van der Waals surface area contributed by atoms with Crippen LogP contribution in [0.15, 0.2) is 30.5 Å². The smallest absolute Gasteiger partial charge is 0.304 e. The van der Waals surface area contributed by atoms with Gasteiger partial charge in [0.05, 0.1) is 6.54 Å². The molecule has 1 aromatic carbocycles. The number of imidazole rings is 1. The third kappa shape index (κ3) is 4.11. The maximum Gasteiger partial charge on any atom is 0.304 e. The monoisotopic (exact) mass is 447 g/mol. The molecule has 0 fully saturated rings. The highest BCUT2D eigenvalue weighted by Gasteiger charge is 2.40. The van der Waals surface area contributed by atoms with Crippen molar-refractivity contribution in [3.8, 4) is 11.8 Å². The summed E-state index contributed by atoms with van der Waals surface area (Å²) in [6.45, 7) is 2.24. The Morgan fingerprint density at radius 3 is 2.68 bits per heavy atom. The lowest BCUT2D eigenvalue weighted by molar-refractivity contribution is 0.00112. The molecule has 1 unspecified atom stereocenters. The van der Waals surface area contributed by atoms with E-state index >= 15 is 0 Å². The van der Waals surface area contributed by atoms with Crippen LogP contribution in [-0.4, -0.2) is 62.1 Å². The minimum Gasteiger partial charge on any atom is -0.425 e. The molecule has 2 N–H and O–H groups in total. The lowest BCUT2D eigenvalue weighted by Crippen LogP contribution is -2.54. The van der Waals surface area contributed by atoms with Gasteiger partial charge in [-0.2, -0.15) is 4.98 Å². The van der Waals surface area contributed by atoms with Gasteiger partial charge < -0.3 is 19.8 Å². The molecule has 11 heteroatoms. The van der Waals surface area contributed by atoms with Gasteiger partial charge in [0.2, 0.25) is 6.35 Å². The molecule has 0 saturated heterocycles. The van der Waals surface area contributed by atoms with Crippen molar-refractivity contribution in [3.63, 3.8) is 0 Å². The number of ether oxygens (including phenoxy) is 1. The summed E-state index contributed by atoms with van der Waals surface area (Å²) in [4.78, 5) is 25.9. The SMILES string of the molecule is Cc1cnc(Cn2c(Oc3ccc(F)cc3)nc3c2C(=O)N(CCCO)C(O)N3C)s1. The average Bonchev–Trinajstić information content (AvgIpc) is 3.32. The van der Waals surface area contributed by atoms with Crippen LogP contribution in [0.1, 0.15) is 26.8 Å². The van der Waals surface area contributed by atoms with Crippen molar-refractivity contribution >= 4 is 23.1 Å². The lowest BCUT2D eigenvalue weighted by atomic mass is 10.2. The number of thiazole rings is 1. The number of benzene rings is 1. The highest BCUT2D eigenvalue weighted by molar-refractivity contribution is 7.11. The molecule has 1 aliphatic rings. The van der Waals surface area contributed by atoms with E-state index in [9.17, 15) is 14.3 Å². The zero-order chi connectivity index (χ0) is 22.1. The number of rotatable bonds is 7. The fraction of sp³-hybridized carbons (Fsp3) is 0.350. The van der Waals surface area contributed by atoms with Gasteiger partial charge in [0.15, 0.2) is 11.5 Å². The zero-order valence-electron chi connectivity index (χ0n) is 17.0. The summed E-state index contributed by atoms with van der Waals surface area (Å²) in [5.41, 5.74) is 0.246. The first-order valence-corrected chi connectivity index (χ1v) is 10.5. The van der Waals surface area contributed by atoms with Crippen LogP contribution in [-0.2, 0) is 6.54 Å². The maximum atomic E-state index is 13.3. The number of nitrogens with zero attached hydrogens (tertiary/aromatic N) is 5. The highest BCUT2D eigenvalue weighted by Crippen LogP contribution is 2.35. The van der Waals surface area contributed by atoms with E-state index in [1.807, 2.05) is 6.92 Å². The normalized spacial score (nSPS) is 16.0. The zero-order valence-corrected chi connectivity index (χ0v) is 17.8. The van der Waals surface area contributed by atoms with Gasteiger partial charge in [0, 0.05) is 31.3 Å². The molecule has 0 aliphatic carbocycles. The van der Waals surface area contributed by atoms with Gasteiger partial charge in [-0.25, -0.2) is 9.37 Å². The highest BCUT2D eigenvalue weighted by atomic mass is 32.1. The molecule has 0 radical (unpaired) electrons. The summed E-state index contributed by atoms with van der Waals surface area (Å²) in [6, 6.07) is 5.60. The Balaban J connectivity index is 1.78. The van der Waals surface area contributed by atoms with E-state index in [1.165, 1.54) is 45.4 Å². The van der Waals surface area contributed by atoms with Crippen LogP contribution in [0, 0.1) is 12.7 Å². The van der Waals surface area contributed by atoms with Gasteiger partial charge in [0.1, 0.15) is 16.6 Å². The molecule has 1 aliphatic heterocycles. The number of carbonyl (C=O) groups is 1. The molecule has 9 nitrogen and oxygen atoms in total. The predicted octanol–water partition coefficient (Wildman–Crippen LogP) is 2.18. The molecule has 1 amide bonds. The summed E-state index contributed by atoms with van der Waals surface area (Å²) in [5, 5.41) is 20.5. The fourth-order valence-corrected chi connectivity index (χ4v) is 4.11. The molecular weight excluding hydrogens is 425 g/mol. The molecule has 2 aromatic heterocycles. The number of carbonyl (C=O) groups excluding carboxylic acids is 1. The minimum atomic E-state index is -1.23. The van der Waals surface area contributed by atoms with Gasteiger partial charge >= 0.3 is 6.01 Å². The van der Waals surface area contributed by atoms with Crippen LogP contribution in [0.3, 0.4) is 0 Å². The first kappa shape index (κ1) is 21.2. The quantitative estimate of drug-likeness (QED) is 0.572. The molecule has 0 saturated carbocycles. The number of aliphatic hydroxyl groups excluding tert-OH is 2. The Labute approximate surface area is 182 Å².